The molecule has 1 aliphatic rings. The Balaban J connectivity index is 1.46. The largest absolute Gasteiger partial charge is 0.362 e. The van der Waals surface area contributed by atoms with E-state index < -0.39 is 0 Å². The van der Waals surface area contributed by atoms with Crippen LogP contribution in [0.1, 0.15) is 41.9 Å². The fourth-order valence-electron chi connectivity index (χ4n) is 3.72. The van der Waals surface area contributed by atoms with Crippen LogP contribution in [-0.2, 0) is 0 Å². The van der Waals surface area contributed by atoms with E-state index in [1.165, 1.54) is 16.3 Å². The van der Waals surface area contributed by atoms with Crippen molar-refractivity contribution in [1.29, 1.82) is 0 Å². The zero-order valence-electron chi connectivity index (χ0n) is 16.0. The lowest BCUT2D eigenvalue weighted by atomic mass is 10.00. The standard InChI is InChI=1S/C22H25N5O/c1-15(18-8-4-6-16-5-2-3-7-19(16)18)24-21-10-9-20(25-26-21)22(28)27-13-11-17(23)12-14-27/h2-10,15,17H,11-14,23H2,1H3,(H,24,26)/t15-/m1/s1. The molecule has 0 saturated carbocycles. The average molecular weight is 375 g/mol. The van der Waals surface area contributed by atoms with Crippen LogP contribution in [0.4, 0.5) is 5.82 Å². The number of nitrogens with zero attached hydrogens (tertiary/aromatic N) is 3. The predicted octanol–water partition coefficient (Wildman–Crippen LogP) is 3.37. The van der Waals surface area contributed by atoms with Gasteiger partial charge in [0.2, 0.25) is 0 Å². The number of aromatic nitrogens is 2. The molecule has 0 unspecified atom stereocenters. The van der Waals surface area contributed by atoms with Gasteiger partial charge in [0.15, 0.2) is 5.69 Å². The average Bonchev–Trinajstić information content (AvgIpc) is 2.74. The molecule has 144 valence electrons. The number of amides is 1. The van der Waals surface area contributed by atoms with Gasteiger partial charge in [-0.1, -0.05) is 42.5 Å². The topological polar surface area (TPSA) is 84.1 Å². The Bertz CT molecular complexity index is 959. The van der Waals surface area contributed by atoms with E-state index in [2.05, 4.69) is 52.8 Å². The van der Waals surface area contributed by atoms with Crippen LogP contribution in [0.3, 0.4) is 0 Å². The van der Waals surface area contributed by atoms with Crippen molar-refractivity contribution >= 4 is 22.5 Å². The summed E-state index contributed by atoms with van der Waals surface area (Å²) in [5.74, 6) is 0.575. The molecule has 0 spiro atoms. The summed E-state index contributed by atoms with van der Waals surface area (Å²) in [6.45, 7) is 3.46. The number of rotatable bonds is 4. The Morgan fingerprint density at radius 3 is 2.57 bits per heavy atom. The number of benzene rings is 2. The summed E-state index contributed by atoms with van der Waals surface area (Å²) in [6, 6.07) is 18.4. The fourth-order valence-corrected chi connectivity index (χ4v) is 3.72. The number of hydrogen-bond acceptors (Lipinski definition) is 5. The number of piperidine rings is 1. The van der Waals surface area contributed by atoms with Gasteiger partial charge in [0.25, 0.3) is 5.91 Å². The number of nitrogens with one attached hydrogen (secondary N) is 1. The second-order valence-corrected chi connectivity index (χ2v) is 7.37. The van der Waals surface area contributed by atoms with Gasteiger partial charge in [0.1, 0.15) is 5.82 Å². The second-order valence-electron chi connectivity index (χ2n) is 7.37. The first kappa shape index (κ1) is 18.4. The number of nitrogens with two attached hydrogens (primary N) is 1. The van der Waals surface area contributed by atoms with Gasteiger partial charge < -0.3 is 16.0 Å². The van der Waals surface area contributed by atoms with Crippen LogP contribution >= 0.6 is 0 Å². The highest BCUT2D eigenvalue weighted by Crippen LogP contribution is 2.26. The zero-order valence-corrected chi connectivity index (χ0v) is 16.0. The molecule has 2 heterocycles. The van der Waals surface area contributed by atoms with Gasteiger partial charge in [0, 0.05) is 19.1 Å². The minimum Gasteiger partial charge on any atom is -0.362 e. The van der Waals surface area contributed by atoms with Crippen LogP contribution < -0.4 is 11.1 Å². The lowest BCUT2D eigenvalue weighted by molar-refractivity contribution is 0.0707. The SMILES string of the molecule is C[C@@H](Nc1ccc(C(=O)N2CCC(N)CC2)nn1)c1cccc2ccccc12. The maximum atomic E-state index is 12.6. The lowest BCUT2D eigenvalue weighted by Gasteiger charge is -2.29. The normalized spacial score (nSPS) is 16.1. The predicted molar refractivity (Wildman–Crippen MR) is 111 cm³/mol. The van der Waals surface area contributed by atoms with Gasteiger partial charge in [-0.15, -0.1) is 10.2 Å². The van der Waals surface area contributed by atoms with Crippen molar-refractivity contribution in [2.24, 2.45) is 5.73 Å². The maximum absolute atomic E-state index is 12.6. The van der Waals surface area contributed by atoms with Crippen molar-refractivity contribution in [1.82, 2.24) is 15.1 Å². The number of likely N-dealkylation sites (tertiary alicyclic amines) is 1. The Morgan fingerprint density at radius 2 is 1.82 bits per heavy atom. The van der Waals surface area contributed by atoms with Crippen LogP contribution in [0.2, 0.25) is 0 Å². The molecule has 0 bridgehead atoms. The molecule has 28 heavy (non-hydrogen) atoms. The molecule has 0 aliphatic carbocycles. The smallest absolute Gasteiger partial charge is 0.274 e. The Labute approximate surface area is 164 Å². The lowest BCUT2D eigenvalue weighted by Crippen LogP contribution is -2.43. The van der Waals surface area contributed by atoms with E-state index >= 15 is 0 Å². The van der Waals surface area contributed by atoms with Crippen LogP contribution in [0.25, 0.3) is 10.8 Å². The van der Waals surface area contributed by atoms with Crippen molar-refractivity contribution in [2.45, 2.75) is 31.8 Å². The van der Waals surface area contributed by atoms with Gasteiger partial charge in [-0.05, 0) is 48.2 Å². The highest BCUT2D eigenvalue weighted by atomic mass is 16.2. The molecule has 1 atom stereocenters. The van der Waals surface area contributed by atoms with E-state index in [-0.39, 0.29) is 18.0 Å². The second kappa shape index (κ2) is 7.94. The summed E-state index contributed by atoms with van der Waals surface area (Å²) < 4.78 is 0. The van der Waals surface area contributed by atoms with Crippen LogP contribution in [0.5, 0.6) is 0 Å². The summed E-state index contributed by atoms with van der Waals surface area (Å²) in [6.07, 6.45) is 1.67. The molecule has 3 aromatic rings. The number of anilines is 1. The Hall–Kier alpha value is -2.99. The third kappa shape index (κ3) is 3.82. The Kier molecular flexibility index (Phi) is 5.21. The van der Waals surface area contributed by atoms with Gasteiger partial charge in [-0.2, -0.15) is 0 Å². The molecule has 6 heteroatoms. The molecule has 6 nitrogen and oxygen atoms in total. The van der Waals surface area contributed by atoms with E-state index in [9.17, 15) is 4.79 Å². The molecule has 4 rings (SSSR count). The maximum Gasteiger partial charge on any atom is 0.274 e. The molecular weight excluding hydrogens is 350 g/mol. The quantitative estimate of drug-likeness (QED) is 0.730. The minimum absolute atomic E-state index is 0.0607. The number of carbonyl (C=O) groups excluding carboxylic acids is 1. The van der Waals surface area contributed by atoms with Crippen molar-refractivity contribution in [3.8, 4) is 0 Å². The monoisotopic (exact) mass is 375 g/mol. The van der Waals surface area contributed by atoms with Gasteiger partial charge in [-0.25, -0.2) is 0 Å². The van der Waals surface area contributed by atoms with Gasteiger partial charge in [0.05, 0.1) is 6.04 Å². The highest BCUT2D eigenvalue weighted by molar-refractivity contribution is 5.92. The van der Waals surface area contributed by atoms with Crippen LogP contribution in [0.15, 0.2) is 54.6 Å². The molecule has 0 radical (unpaired) electrons. The highest BCUT2D eigenvalue weighted by Gasteiger charge is 2.22. The Morgan fingerprint density at radius 1 is 1.07 bits per heavy atom. The van der Waals surface area contributed by atoms with Crippen molar-refractivity contribution in [2.75, 3.05) is 18.4 Å². The molecule has 2 aromatic carbocycles. The summed E-state index contributed by atoms with van der Waals surface area (Å²) >= 11 is 0. The van der Waals surface area contributed by atoms with E-state index in [1.54, 1.807) is 11.0 Å². The first-order chi connectivity index (χ1) is 13.6. The molecule has 1 aliphatic heterocycles. The molecule has 3 N–H and O–H groups in total. The van der Waals surface area contributed by atoms with E-state index in [1.807, 2.05) is 18.2 Å². The summed E-state index contributed by atoms with van der Waals surface area (Å²) in [4.78, 5) is 14.4. The number of fused-ring (bicyclic) bond motifs is 1. The van der Waals surface area contributed by atoms with E-state index in [4.69, 9.17) is 5.73 Å². The van der Waals surface area contributed by atoms with E-state index in [0.717, 1.165) is 12.8 Å². The van der Waals surface area contributed by atoms with Crippen molar-refractivity contribution in [3.05, 3.63) is 65.9 Å². The van der Waals surface area contributed by atoms with Crippen molar-refractivity contribution in [3.63, 3.8) is 0 Å². The molecular formula is C22H25N5O. The summed E-state index contributed by atoms with van der Waals surface area (Å²) in [5.41, 5.74) is 7.48. The van der Waals surface area contributed by atoms with Gasteiger partial charge >= 0.3 is 0 Å². The van der Waals surface area contributed by atoms with Gasteiger partial charge in [-0.3, -0.25) is 4.79 Å². The molecule has 1 saturated heterocycles. The van der Waals surface area contributed by atoms with E-state index in [0.29, 0.717) is 24.6 Å². The molecule has 1 aromatic heterocycles. The fraction of sp³-hybridized carbons (Fsp3) is 0.318. The molecule has 1 amide bonds. The third-order valence-corrected chi connectivity index (χ3v) is 5.36. The zero-order chi connectivity index (χ0) is 19.5. The van der Waals surface area contributed by atoms with Crippen molar-refractivity contribution < 1.29 is 4.79 Å². The first-order valence-electron chi connectivity index (χ1n) is 9.74. The summed E-state index contributed by atoms with van der Waals surface area (Å²) in [7, 11) is 0. The number of carbonyl (C=O) groups is 1. The minimum atomic E-state index is -0.0759. The van der Waals surface area contributed by atoms with Crippen LogP contribution in [0, 0.1) is 0 Å². The third-order valence-electron chi connectivity index (χ3n) is 5.36. The van der Waals surface area contributed by atoms with Crippen LogP contribution in [-0.4, -0.2) is 40.1 Å². The summed E-state index contributed by atoms with van der Waals surface area (Å²) in [5, 5.41) is 14.2. The number of hydrogen-bond donors (Lipinski definition) is 2. The first-order valence-corrected chi connectivity index (χ1v) is 9.74. The molecule has 1 fully saturated rings.